The molecule has 0 atom stereocenters. The van der Waals surface area contributed by atoms with E-state index in [4.69, 9.17) is 4.74 Å². The van der Waals surface area contributed by atoms with Crippen molar-refractivity contribution in [3.8, 4) is 0 Å². The van der Waals surface area contributed by atoms with Gasteiger partial charge in [-0.3, -0.25) is 4.90 Å². The number of carboxylic acid groups (broad SMARTS) is 1. The Morgan fingerprint density at radius 3 is 2.48 bits per heavy atom. The number of benzene rings is 3. The van der Waals surface area contributed by atoms with Crippen LogP contribution in [0.1, 0.15) is 27.0 Å². The number of rotatable bonds is 5. The quantitative estimate of drug-likeness (QED) is 0.495. The van der Waals surface area contributed by atoms with Crippen molar-refractivity contribution in [3.63, 3.8) is 0 Å². The van der Waals surface area contributed by atoms with Crippen LogP contribution in [0.15, 0.2) is 84.4 Å². The molecule has 3 aromatic carbocycles. The Bertz CT molecular complexity index is 1200. The van der Waals surface area contributed by atoms with Gasteiger partial charge >= 0.3 is 12.1 Å². The second-order valence-corrected chi connectivity index (χ2v) is 6.83. The molecule has 0 fully saturated rings. The lowest BCUT2D eigenvalue weighted by atomic mass is 10.0. The van der Waals surface area contributed by atoms with Crippen LogP contribution in [0.4, 0.5) is 24.5 Å². The van der Waals surface area contributed by atoms with Gasteiger partial charge in [0.15, 0.2) is 0 Å². The number of hydrogen-bond acceptors (Lipinski definition) is 3. The van der Waals surface area contributed by atoms with E-state index in [2.05, 4.69) is 5.73 Å². The maximum Gasteiger partial charge on any atom is 0.416 e. The molecule has 31 heavy (non-hydrogen) atoms. The fraction of sp³-hybridized carbons (Fsp3) is 0.0833. The highest BCUT2D eigenvalue weighted by molar-refractivity contribution is 5.90. The van der Waals surface area contributed by atoms with Crippen molar-refractivity contribution in [1.82, 2.24) is 0 Å². The Kier molecular flexibility index (Phi) is 5.28. The Morgan fingerprint density at radius 1 is 1.00 bits per heavy atom. The van der Waals surface area contributed by atoms with Crippen LogP contribution in [-0.2, 0) is 17.5 Å². The summed E-state index contributed by atoms with van der Waals surface area (Å²) in [5, 5.41) is 9.34. The zero-order valence-electron chi connectivity index (χ0n) is 16.1. The number of fused-ring (bicyclic) bond motifs is 1. The number of aromatic carboxylic acids is 1. The van der Waals surface area contributed by atoms with Crippen LogP contribution in [0.3, 0.4) is 0 Å². The minimum absolute atomic E-state index is 0.0444. The molecule has 0 aromatic heterocycles. The number of nitrogens with zero attached hydrogens (tertiary/aromatic N) is 1. The number of carboxylic acids is 1. The molecule has 0 saturated carbocycles. The van der Waals surface area contributed by atoms with Crippen molar-refractivity contribution in [2.75, 3.05) is 4.90 Å². The summed E-state index contributed by atoms with van der Waals surface area (Å²) >= 11 is 0. The standard InChI is InChI=1S/C24H16F3NO3/c25-24(26,27)19-10-11-21-17(13-19)9-12-22(31-15-16-5-2-1-3-6-16)28(21)20-8-4-7-18(14-20)23(29)30/h1-11,13-14H,15H2,(H,29,30). The Balaban J connectivity index is 1.78. The molecule has 156 valence electrons. The second-order valence-electron chi connectivity index (χ2n) is 6.83. The monoisotopic (exact) mass is 423 g/mol. The number of alkyl halides is 3. The highest BCUT2D eigenvalue weighted by Gasteiger charge is 2.32. The van der Waals surface area contributed by atoms with Crippen LogP contribution in [-0.4, -0.2) is 11.1 Å². The van der Waals surface area contributed by atoms with E-state index in [1.807, 2.05) is 30.3 Å². The van der Waals surface area contributed by atoms with Crippen LogP contribution in [0.2, 0.25) is 0 Å². The van der Waals surface area contributed by atoms with E-state index < -0.39 is 17.7 Å². The van der Waals surface area contributed by atoms with Gasteiger partial charge in [0.2, 0.25) is 5.88 Å². The highest BCUT2D eigenvalue weighted by atomic mass is 19.4. The highest BCUT2D eigenvalue weighted by Crippen LogP contribution is 2.39. The third-order valence-corrected chi connectivity index (χ3v) is 4.72. The van der Waals surface area contributed by atoms with Gasteiger partial charge in [-0.05, 0) is 48.0 Å². The van der Waals surface area contributed by atoms with Gasteiger partial charge < -0.3 is 9.84 Å². The van der Waals surface area contributed by atoms with E-state index in [-0.39, 0.29) is 18.1 Å². The topological polar surface area (TPSA) is 49.8 Å². The smallest absolute Gasteiger partial charge is 0.416 e. The Hall–Kier alpha value is -3.96. The maximum atomic E-state index is 13.2. The number of halogens is 3. The molecule has 1 aliphatic heterocycles. The molecule has 1 aliphatic rings. The SMILES string of the molecule is O=C(O)c1cccc(N2C(OCc3ccccc3)=C=Cc3cc(C(F)(F)F)ccc32)c1. The lowest BCUT2D eigenvalue weighted by molar-refractivity contribution is -0.137. The molecular weight excluding hydrogens is 407 g/mol. The van der Waals surface area contributed by atoms with Crippen LogP contribution in [0.5, 0.6) is 0 Å². The normalized spacial score (nSPS) is 12.9. The molecule has 0 aliphatic carbocycles. The number of hydrogen-bond donors (Lipinski definition) is 1. The molecule has 3 aromatic rings. The third-order valence-electron chi connectivity index (χ3n) is 4.72. The van der Waals surface area contributed by atoms with Crippen molar-refractivity contribution < 1.29 is 27.8 Å². The van der Waals surface area contributed by atoms with Crippen LogP contribution >= 0.6 is 0 Å². The van der Waals surface area contributed by atoms with Gasteiger partial charge in [-0.25, -0.2) is 4.79 Å². The molecule has 0 spiro atoms. The Morgan fingerprint density at radius 2 is 1.77 bits per heavy atom. The van der Waals surface area contributed by atoms with Crippen LogP contribution in [0.25, 0.3) is 6.08 Å². The number of carbonyl (C=O) groups is 1. The molecule has 1 N–H and O–H groups in total. The lowest BCUT2D eigenvalue weighted by Crippen LogP contribution is -2.21. The van der Waals surface area contributed by atoms with Crippen LogP contribution in [0, 0.1) is 0 Å². The number of ether oxygens (including phenoxy) is 1. The summed E-state index contributed by atoms with van der Waals surface area (Å²) < 4.78 is 45.4. The first-order chi connectivity index (χ1) is 14.8. The van der Waals surface area contributed by atoms with Gasteiger partial charge in [0.05, 0.1) is 22.5 Å². The summed E-state index contributed by atoms with van der Waals surface area (Å²) in [5.74, 6) is -0.864. The van der Waals surface area contributed by atoms with Gasteiger partial charge in [-0.2, -0.15) is 13.2 Å². The molecular formula is C24H16F3NO3. The van der Waals surface area contributed by atoms with E-state index in [9.17, 15) is 23.1 Å². The van der Waals surface area contributed by atoms with E-state index in [1.165, 1.54) is 24.3 Å². The zero-order valence-corrected chi connectivity index (χ0v) is 16.1. The predicted molar refractivity (Wildman–Crippen MR) is 110 cm³/mol. The zero-order chi connectivity index (χ0) is 22.0. The molecule has 0 bridgehead atoms. The van der Waals surface area contributed by atoms with Gasteiger partial charge in [-0.1, -0.05) is 42.1 Å². The fourth-order valence-electron chi connectivity index (χ4n) is 3.23. The van der Waals surface area contributed by atoms with E-state index >= 15 is 0 Å². The lowest BCUT2D eigenvalue weighted by Gasteiger charge is -2.30. The van der Waals surface area contributed by atoms with Gasteiger partial charge in [0.1, 0.15) is 6.61 Å². The first-order valence-electron chi connectivity index (χ1n) is 9.31. The fourth-order valence-corrected chi connectivity index (χ4v) is 3.23. The summed E-state index contributed by atoms with van der Waals surface area (Å²) in [4.78, 5) is 13.0. The summed E-state index contributed by atoms with van der Waals surface area (Å²) in [5.41, 5.74) is 4.22. The number of anilines is 2. The van der Waals surface area contributed by atoms with Gasteiger partial charge in [-0.15, -0.1) is 0 Å². The minimum Gasteiger partial charge on any atom is -0.478 e. The minimum atomic E-state index is -4.48. The van der Waals surface area contributed by atoms with Crippen molar-refractivity contribution in [2.45, 2.75) is 12.8 Å². The largest absolute Gasteiger partial charge is 0.478 e. The van der Waals surface area contributed by atoms with E-state index in [0.717, 1.165) is 17.7 Å². The molecule has 0 amide bonds. The molecule has 4 rings (SSSR count). The average Bonchev–Trinajstić information content (AvgIpc) is 2.77. The summed E-state index contributed by atoms with van der Waals surface area (Å²) in [6.45, 7) is 0.210. The molecule has 7 heteroatoms. The van der Waals surface area contributed by atoms with Crippen molar-refractivity contribution in [1.29, 1.82) is 0 Å². The van der Waals surface area contributed by atoms with Crippen molar-refractivity contribution in [2.24, 2.45) is 0 Å². The predicted octanol–water partition coefficient (Wildman–Crippen LogP) is 6.23. The molecule has 0 radical (unpaired) electrons. The third kappa shape index (κ3) is 4.32. The first kappa shape index (κ1) is 20.3. The summed E-state index contributed by atoms with van der Waals surface area (Å²) in [6.07, 6.45) is -3.05. The second kappa shape index (κ2) is 8.05. The molecule has 0 unspecified atom stereocenters. The molecule has 4 nitrogen and oxygen atoms in total. The summed E-state index contributed by atoms with van der Waals surface area (Å²) in [7, 11) is 0. The van der Waals surface area contributed by atoms with E-state index in [0.29, 0.717) is 16.9 Å². The molecule has 0 saturated heterocycles. The summed E-state index contributed by atoms with van der Waals surface area (Å²) in [6, 6.07) is 18.8. The van der Waals surface area contributed by atoms with Crippen molar-refractivity contribution >= 4 is 23.4 Å². The van der Waals surface area contributed by atoms with Gasteiger partial charge in [0.25, 0.3) is 0 Å². The van der Waals surface area contributed by atoms with E-state index in [1.54, 1.807) is 17.0 Å². The first-order valence-corrected chi connectivity index (χ1v) is 9.31. The average molecular weight is 423 g/mol. The molecule has 1 heterocycles. The maximum absolute atomic E-state index is 13.2. The van der Waals surface area contributed by atoms with Crippen LogP contribution < -0.4 is 4.90 Å². The Labute approximate surface area is 176 Å². The van der Waals surface area contributed by atoms with Gasteiger partial charge in [0, 0.05) is 5.56 Å². The van der Waals surface area contributed by atoms with Crippen molar-refractivity contribution in [3.05, 3.63) is 107 Å².